The summed E-state index contributed by atoms with van der Waals surface area (Å²) in [5.74, 6) is 6.38. The summed E-state index contributed by atoms with van der Waals surface area (Å²) in [6.45, 7) is 7.60. The Morgan fingerprint density at radius 1 is 1.04 bits per heavy atom. The monoisotopic (exact) mass is 677 g/mol. The van der Waals surface area contributed by atoms with Gasteiger partial charge in [-0.25, -0.2) is 4.79 Å². The number of aromatic amines is 1. The summed E-state index contributed by atoms with van der Waals surface area (Å²) in [6.07, 6.45) is 3.14. The lowest BCUT2D eigenvalue weighted by molar-refractivity contribution is -0.142. The minimum Gasteiger partial charge on any atom is -0.507 e. The van der Waals surface area contributed by atoms with E-state index in [1.165, 1.54) is 0 Å². The summed E-state index contributed by atoms with van der Waals surface area (Å²) in [4.78, 5) is 42.1. The smallest absolute Gasteiger partial charge is 0.408 e. The highest BCUT2D eigenvalue weighted by molar-refractivity contribution is 5.98. The zero-order chi connectivity index (χ0) is 35.8. The van der Waals surface area contributed by atoms with Crippen LogP contribution in [0.1, 0.15) is 62.3 Å². The molecule has 2 unspecified atom stereocenters. The topological polar surface area (TPSA) is 146 Å². The Bertz CT molecular complexity index is 1880. The normalized spacial score (nSPS) is 14.9. The van der Waals surface area contributed by atoms with Gasteiger partial charge in [0.05, 0.1) is 24.6 Å². The number of piperidine rings is 1. The molecule has 0 spiro atoms. The van der Waals surface area contributed by atoms with Crippen LogP contribution in [0.4, 0.5) is 10.5 Å². The number of carbonyl (C=O) groups is 3. The molecular formula is C39H43N5O6. The lowest BCUT2D eigenvalue weighted by Crippen LogP contribution is -2.57. The summed E-state index contributed by atoms with van der Waals surface area (Å²) < 4.78 is 10.7. The third kappa shape index (κ3) is 9.23. The third-order valence-corrected chi connectivity index (χ3v) is 8.23. The molecule has 0 radical (unpaired) electrons. The fourth-order valence-electron chi connectivity index (χ4n) is 5.75. The molecule has 4 N–H and O–H groups in total. The molecule has 5 rings (SSSR count). The summed E-state index contributed by atoms with van der Waals surface area (Å²) in [6, 6.07) is 18.1. The van der Waals surface area contributed by atoms with E-state index >= 15 is 0 Å². The van der Waals surface area contributed by atoms with Crippen LogP contribution in [0.2, 0.25) is 0 Å². The van der Waals surface area contributed by atoms with E-state index in [9.17, 15) is 19.5 Å². The van der Waals surface area contributed by atoms with E-state index in [0.29, 0.717) is 46.8 Å². The van der Waals surface area contributed by atoms with Gasteiger partial charge in [-0.2, -0.15) is 5.10 Å². The number of phenols is 1. The molecule has 1 aliphatic rings. The van der Waals surface area contributed by atoms with E-state index in [2.05, 4.69) is 32.7 Å². The minimum atomic E-state index is -0.949. The van der Waals surface area contributed by atoms with E-state index in [0.717, 1.165) is 24.0 Å². The molecule has 50 heavy (non-hydrogen) atoms. The predicted octanol–water partition coefficient (Wildman–Crippen LogP) is 5.95. The van der Waals surface area contributed by atoms with E-state index in [1.807, 2.05) is 31.2 Å². The van der Waals surface area contributed by atoms with Crippen molar-refractivity contribution in [1.82, 2.24) is 20.4 Å². The number of phenolic OH excluding ortho intramolecular Hbond substituents is 1. The van der Waals surface area contributed by atoms with Crippen molar-refractivity contribution in [3.8, 4) is 34.6 Å². The second kappa shape index (κ2) is 15.6. The van der Waals surface area contributed by atoms with Crippen LogP contribution >= 0.6 is 0 Å². The Kier molecular flexibility index (Phi) is 11.1. The molecule has 1 fully saturated rings. The van der Waals surface area contributed by atoms with E-state index in [-0.39, 0.29) is 24.0 Å². The molecule has 1 saturated heterocycles. The molecule has 1 aromatic heterocycles. The van der Waals surface area contributed by atoms with Crippen LogP contribution in [-0.2, 0) is 20.7 Å². The highest BCUT2D eigenvalue weighted by atomic mass is 16.6. The largest absolute Gasteiger partial charge is 0.507 e. The Morgan fingerprint density at radius 2 is 1.78 bits per heavy atom. The zero-order valence-electron chi connectivity index (χ0n) is 29.0. The molecule has 0 saturated carbocycles. The van der Waals surface area contributed by atoms with Crippen molar-refractivity contribution < 1.29 is 29.0 Å². The van der Waals surface area contributed by atoms with E-state index in [1.54, 1.807) is 81.4 Å². The molecule has 3 aromatic carbocycles. The maximum absolute atomic E-state index is 14.1. The number of aromatic nitrogens is 2. The number of carbonyl (C=O) groups excluding carboxylic acids is 3. The molecule has 11 heteroatoms. The van der Waals surface area contributed by atoms with Crippen LogP contribution in [-0.4, -0.2) is 69.5 Å². The molecule has 2 heterocycles. The average Bonchev–Trinajstić information content (AvgIpc) is 3.56. The first-order valence-corrected chi connectivity index (χ1v) is 16.6. The van der Waals surface area contributed by atoms with E-state index < -0.39 is 23.8 Å². The number of aryl methyl sites for hydroxylation is 1. The van der Waals surface area contributed by atoms with Gasteiger partial charge in [-0.3, -0.25) is 14.7 Å². The van der Waals surface area contributed by atoms with Crippen LogP contribution in [0.3, 0.4) is 0 Å². The number of nitrogens with zero attached hydrogens (tertiary/aromatic N) is 2. The third-order valence-electron chi connectivity index (χ3n) is 8.23. The SMILES string of the molecule is COc1ccc(CC(NC(=O)OC(C)(C)C)C(=O)N2CCCCC2C(=O)Nc2ccc(C#Cc3cn[nH]c3-c3cc(C)ccc3O)cc2)cc1. The van der Waals surface area contributed by atoms with Gasteiger partial charge in [-0.05, 0) is 101 Å². The lowest BCUT2D eigenvalue weighted by atomic mass is 9.98. The maximum Gasteiger partial charge on any atom is 0.408 e. The van der Waals surface area contributed by atoms with Crippen LogP contribution in [0.25, 0.3) is 11.3 Å². The molecule has 2 atom stereocenters. The van der Waals surface area contributed by atoms with E-state index in [4.69, 9.17) is 9.47 Å². The van der Waals surface area contributed by atoms with Crippen LogP contribution < -0.4 is 15.4 Å². The Balaban J connectivity index is 1.28. The number of aromatic hydroxyl groups is 1. The van der Waals surface area contributed by atoms with Gasteiger partial charge in [0.25, 0.3) is 0 Å². The van der Waals surface area contributed by atoms with Crippen molar-refractivity contribution >= 4 is 23.6 Å². The van der Waals surface area contributed by atoms with Gasteiger partial charge < -0.3 is 30.1 Å². The zero-order valence-corrected chi connectivity index (χ0v) is 29.0. The minimum absolute atomic E-state index is 0.133. The molecule has 0 bridgehead atoms. The standard InChI is InChI=1S/C39H43N5O6/c1-25-9-20-34(45)31(22-25)35-28(24-40-43-35)15-10-26-11-16-29(17-12-26)41-36(46)33-8-6-7-21-44(33)37(47)32(42-38(48)50-39(2,3)4)23-27-13-18-30(49-5)19-14-27/h9,11-14,16-20,22,24,32-33,45H,6-8,21,23H2,1-5H3,(H,40,43)(H,41,46)(H,42,48). The van der Waals surface area contributed by atoms with Crippen molar-refractivity contribution in [2.24, 2.45) is 0 Å². The van der Waals surface area contributed by atoms with Crippen LogP contribution in [0, 0.1) is 18.8 Å². The van der Waals surface area contributed by atoms with Gasteiger partial charge in [-0.15, -0.1) is 0 Å². The average molecular weight is 678 g/mol. The predicted molar refractivity (Wildman–Crippen MR) is 191 cm³/mol. The van der Waals surface area contributed by atoms with Gasteiger partial charge in [0.15, 0.2) is 0 Å². The molecule has 260 valence electrons. The van der Waals surface area contributed by atoms with Gasteiger partial charge >= 0.3 is 6.09 Å². The number of ether oxygens (including phenoxy) is 2. The fraction of sp³-hybridized carbons (Fsp3) is 0.333. The number of hydrogen-bond acceptors (Lipinski definition) is 7. The second-order valence-corrected chi connectivity index (χ2v) is 13.3. The summed E-state index contributed by atoms with van der Waals surface area (Å²) in [5, 5.41) is 23.1. The molecule has 1 aliphatic heterocycles. The Morgan fingerprint density at radius 3 is 2.48 bits per heavy atom. The van der Waals surface area contributed by atoms with Crippen molar-refractivity contribution in [3.05, 3.63) is 95.2 Å². The number of likely N-dealkylation sites (tertiary alicyclic amines) is 1. The number of methoxy groups -OCH3 is 1. The first kappa shape index (κ1) is 35.5. The van der Waals surface area contributed by atoms with Crippen molar-refractivity contribution in [2.45, 2.75) is 71.1 Å². The number of anilines is 1. The lowest BCUT2D eigenvalue weighted by Gasteiger charge is -2.37. The number of H-pyrrole nitrogens is 1. The first-order chi connectivity index (χ1) is 23.9. The van der Waals surface area contributed by atoms with Crippen molar-refractivity contribution in [3.63, 3.8) is 0 Å². The Hall–Kier alpha value is -5.76. The number of hydrogen-bond donors (Lipinski definition) is 4. The summed E-state index contributed by atoms with van der Waals surface area (Å²) in [7, 11) is 1.58. The number of amides is 3. The molecule has 4 aromatic rings. The Labute approximate surface area is 292 Å². The molecular weight excluding hydrogens is 634 g/mol. The highest BCUT2D eigenvalue weighted by Gasteiger charge is 2.37. The maximum atomic E-state index is 14.1. The quantitative estimate of drug-likeness (QED) is 0.169. The van der Waals surface area contributed by atoms with Gasteiger partial charge in [0, 0.05) is 29.8 Å². The number of rotatable bonds is 8. The fourth-order valence-corrected chi connectivity index (χ4v) is 5.75. The second-order valence-electron chi connectivity index (χ2n) is 13.3. The summed E-state index contributed by atoms with van der Waals surface area (Å²) in [5.41, 5.74) is 4.22. The number of alkyl carbamates (subject to hydrolysis) is 1. The van der Waals surface area contributed by atoms with Gasteiger partial charge in [0.1, 0.15) is 29.2 Å². The van der Waals surface area contributed by atoms with Crippen LogP contribution in [0.15, 0.2) is 72.9 Å². The van der Waals surface area contributed by atoms with Gasteiger partial charge in [-0.1, -0.05) is 35.6 Å². The molecule has 11 nitrogen and oxygen atoms in total. The van der Waals surface area contributed by atoms with Crippen LogP contribution in [0.5, 0.6) is 11.5 Å². The van der Waals surface area contributed by atoms with Crippen molar-refractivity contribution in [2.75, 3.05) is 19.0 Å². The van der Waals surface area contributed by atoms with Gasteiger partial charge in [0.2, 0.25) is 11.8 Å². The molecule has 3 amide bonds. The number of nitrogens with one attached hydrogen (secondary N) is 3. The summed E-state index contributed by atoms with van der Waals surface area (Å²) >= 11 is 0. The molecule has 0 aliphatic carbocycles. The van der Waals surface area contributed by atoms with Crippen molar-refractivity contribution in [1.29, 1.82) is 0 Å². The first-order valence-electron chi connectivity index (χ1n) is 16.6. The highest BCUT2D eigenvalue weighted by Crippen LogP contribution is 2.30. The number of benzene rings is 3.